The molecule has 2 rings (SSSR count). The molecule has 1 aromatic rings. The van der Waals surface area contributed by atoms with Crippen LogP contribution >= 0.6 is 0 Å². The van der Waals surface area contributed by atoms with Gasteiger partial charge < -0.3 is 20.9 Å². The van der Waals surface area contributed by atoms with Gasteiger partial charge in [0, 0.05) is 5.69 Å². The molecule has 4 N–H and O–H groups in total. The fraction of sp³-hybridized carbons (Fsp3) is 0.385. The molecule has 6 heteroatoms. The Morgan fingerprint density at radius 2 is 2.16 bits per heavy atom. The molecule has 0 bridgehead atoms. The standard InChI is InChI=1S/C13H16N2O4/c1-7-2-5-11(19-7)12(16)15-10-4-3-8(14)6-9(10)13(17)18/h3-4,6-7,11H,2,5,14H2,1H3,(H,15,16)(H,17,18). The van der Waals surface area contributed by atoms with E-state index in [0.29, 0.717) is 12.1 Å². The van der Waals surface area contributed by atoms with Gasteiger partial charge in [0.05, 0.1) is 17.4 Å². The monoisotopic (exact) mass is 264 g/mol. The van der Waals surface area contributed by atoms with E-state index in [1.165, 1.54) is 12.1 Å². The van der Waals surface area contributed by atoms with Crippen LogP contribution in [0.5, 0.6) is 0 Å². The number of nitrogen functional groups attached to an aromatic ring is 1. The van der Waals surface area contributed by atoms with E-state index in [1.807, 2.05) is 6.92 Å². The number of carboxylic acid groups (broad SMARTS) is 1. The number of benzene rings is 1. The van der Waals surface area contributed by atoms with E-state index in [2.05, 4.69) is 5.32 Å². The fourth-order valence-corrected chi connectivity index (χ4v) is 2.06. The van der Waals surface area contributed by atoms with E-state index in [1.54, 1.807) is 6.07 Å². The molecule has 1 saturated heterocycles. The maximum atomic E-state index is 12.0. The van der Waals surface area contributed by atoms with Crippen LogP contribution in [0.4, 0.5) is 11.4 Å². The molecule has 1 fully saturated rings. The molecule has 6 nitrogen and oxygen atoms in total. The minimum absolute atomic E-state index is 0.0283. The molecule has 0 spiro atoms. The van der Waals surface area contributed by atoms with Crippen LogP contribution < -0.4 is 11.1 Å². The SMILES string of the molecule is CC1CCC(C(=O)Nc2ccc(N)cc2C(=O)O)O1. The van der Waals surface area contributed by atoms with Crippen LogP contribution in [0.2, 0.25) is 0 Å². The normalized spacial score (nSPS) is 22.2. The largest absolute Gasteiger partial charge is 0.478 e. The smallest absolute Gasteiger partial charge is 0.337 e. The van der Waals surface area contributed by atoms with Gasteiger partial charge >= 0.3 is 5.97 Å². The number of rotatable bonds is 3. The number of carboxylic acids is 1. The van der Waals surface area contributed by atoms with E-state index < -0.39 is 12.1 Å². The number of aromatic carboxylic acids is 1. The quantitative estimate of drug-likeness (QED) is 0.717. The molecule has 1 aliphatic rings. The van der Waals surface area contributed by atoms with Gasteiger partial charge in [-0.1, -0.05) is 0 Å². The maximum Gasteiger partial charge on any atom is 0.337 e. The first-order chi connectivity index (χ1) is 8.97. The second-order valence-corrected chi connectivity index (χ2v) is 4.61. The van der Waals surface area contributed by atoms with Gasteiger partial charge in [0.25, 0.3) is 5.91 Å². The highest BCUT2D eigenvalue weighted by Crippen LogP contribution is 2.23. The lowest BCUT2D eigenvalue weighted by atomic mass is 10.1. The molecular formula is C13H16N2O4. The van der Waals surface area contributed by atoms with Crippen LogP contribution in [0, 0.1) is 0 Å². The van der Waals surface area contributed by atoms with Crippen LogP contribution in [-0.2, 0) is 9.53 Å². The summed E-state index contributed by atoms with van der Waals surface area (Å²) in [5.41, 5.74) is 6.07. The third-order valence-electron chi connectivity index (χ3n) is 3.06. The number of anilines is 2. The van der Waals surface area contributed by atoms with E-state index in [-0.39, 0.29) is 23.3 Å². The zero-order valence-electron chi connectivity index (χ0n) is 10.6. The number of nitrogens with one attached hydrogen (secondary N) is 1. The first kappa shape index (κ1) is 13.4. The minimum Gasteiger partial charge on any atom is -0.478 e. The highest BCUT2D eigenvalue weighted by Gasteiger charge is 2.28. The van der Waals surface area contributed by atoms with Crippen molar-refractivity contribution >= 4 is 23.3 Å². The summed E-state index contributed by atoms with van der Waals surface area (Å²) in [4.78, 5) is 23.1. The van der Waals surface area contributed by atoms with Crippen molar-refractivity contribution in [2.75, 3.05) is 11.1 Å². The molecule has 1 aliphatic heterocycles. The number of amides is 1. The highest BCUT2D eigenvalue weighted by molar-refractivity contribution is 6.02. The van der Waals surface area contributed by atoms with Gasteiger partial charge in [-0.3, -0.25) is 4.79 Å². The molecule has 0 saturated carbocycles. The molecule has 2 atom stereocenters. The summed E-state index contributed by atoms with van der Waals surface area (Å²) >= 11 is 0. The average Bonchev–Trinajstić information content (AvgIpc) is 2.78. The molecule has 1 amide bonds. The van der Waals surface area contributed by atoms with Gasteiger partial charge in [0.15, 0.2) is 0 Å². The Bertz CT molecular complexity index is 515. The summed E-state index contributed by atoms with van der Waals surface area (Å²) in [6.45, 7) is 1.90. The molecule has 0 aromatic heterocycles. The van der Waals surface area contributed by atoms with Gasteiger partial charge in [-0.25, -0.2) is 4.79 Å². The molecule has 19 heavy (non-hydrogen) atoms. The summed E-state index contributed by atoms with van der Waals surface area (Å²) in [6, 6.07) is 4.34. The first-order valence-electron chi connectivity index (χ1n) is 6.06. The molecule has 102 valence electrons. The Kier molecular flexibility index (Phi) is 3.71. The molecule has 1 aromatic carbocycles. The Hall–Kier alpha value is -2.08. The number of nitrogens with two attached hydrogens (primary N) is 1. The van der Waals surface area contributed by atoms with Crippen LogP contribution in [0.25, 0.3) is 0 Å². The average molecular weight is 264 g/mol. The van der Waals surface area contributed by atoms with Gasteiger partial charge in [-0.15, -0.1) is 0 Å². The first-order valence-corrected chi connectivity index (χ1v) is 6.06. The summed E-state index contributed by atoms with van der Waals surface area (Å²) in [6.07, 6.45) is 1.01. The predicted octanol–water partition coefficient (Wildman–Crippen LogP) is 1.47. The van der Waals surface area contributed by atoms with Gasteiger partial charge in [0.2, 0.25) is 0 Å². The van der Waals surface area contributed by atoms with Crippen LogP contribution in [0.3, 0.4) is 0 Å². The molecule has 1 heterocycles. The minimum atomic E-state index is -1.14. The molecule has 0 radical (unpaired) electrons. The van der Waals surface area contributed by atoms with E-state index in [0.717, 1.165) is 6.42 Å². The number of carbonyl (C=O) groups excluding carboxylic acids is 1. The number of ether oxygens (including phenoxy) is 1. The predicted molar refractivity (Wildman–Crippen MR) is 70.0 cm³/mol. The summed E-state index contributed by atoms with van der Waals surface area (Å²) < 4.78 is 5.44. The van der Waals surface area contributed by atoms with Gasteiger partial charge in [-0.2, -0.15) is 0 Å². The Labute approximate surface area is 110 Å². The topological polar surface area (TPSA) is 102 Å². The van der Waals surface area contributed by atoms with Gasteiger partial charge in [-0.05, 0) is 38.0 Å². The van der Waals surface area contributed by atoms with Crippen molar-refractivity contribution in [3.63, 3.8) is 0 Å². The second kappa shape index (κ2) is 5.27. The fourth-order valence-electron chi connectivity index (χ4n) is 2.06. The molecule has 2 unspecified atom stereocenters. The third kappa shape index (κ3) is 3.03. The lowest BCUT2D eigenvalue weighted by molar-refractivity contribution is -0.126. The van der Waals surface area contributed by atoms with Gasteiger partial charge in [0.1, 0.15) is 6.10 Å². The maximum absolute atomic E-state index is 12.0. The van der Waals surface area contributed by atoms with Crippen molar-refractivity contribution in [3.05, 3.63) is 23.8 Å². The van der Waals surface area contributed by atoms with Crippen molar-refractivity contribution in [3.8, 4) is 0 Å². The van der Waals surface area contributed by atoms with E-state index in [4.69, 9.17) is 15.6 Å². The lowest BCUT2D eigenvalue weighted by Gasteiger charge is -2.13. The Balaban J connectivity index is 2.14. The van der Waals surface area contributed by atoms with Crippen LogP contribution in [0.15, 0.2) is 18.2 Å². The zero-order chi connectivity index (χ0) is 14.0. The van der Waals surface area contributed by atoms with Crippen molar-refractivity contribution in [1.82, 2.24) is 0 Å². The van der Waals surface area contributed by atoms with Crippen LogP contribution in [-0.4, -0.2) is 29.2 Å². The summed E-state index contributed by atoms with van der Waals surface area (Å²) in [5.74, 6) is -1.46. The second-order valence-electron chi connectivity index (χ2n) is 4.61. The number of carbonyl (C=O) groups is 2. The zero-order valence-corrected chi connectivity index (χ0v) is 10.6. The number of hydrogen-bond donors (Lipinski definition) is 3. The van der Waals surface area contributed by atoms with E-state index in [9.17, 15) is 9.59 Å². The van der Waals surface area contributed by atoms with Crippen molar-refractivity contribution < 1.29 is 19.4 Å². The third-order valence-corrected chi connectivity index (χ3v) is 3.06. The van der Waals surface area contributed by atoms with Crippen molar-refractivity contribution in [1.29, 1.82) is 0 Å². The number of hydrogen-bond acceptors (Lipinski definition) is 4. The summed E-state index contributed by atoms with van der Waals surface area (Å²) in [7, 11) is 0. The van der Waals surface area contributed by atoms with Crippen molar-refractivity contribution in [2.45, 2.75) is 32.0 Å². The Morgan fingerprint density at radius 3 is 2.74 bits per heavy atom. The Morgan fingerprint density at radius 1 is 1.42 bits per heavy atom. The van der Waals surface area contributed by atoms with E-state index >= 15 is 0 Å². The van der Waals surface area contributed by atoms with Crippen LogP contribution in [0.1, 0.15) is 30.1 Å². The lowest BCUT2D eigenvalue weighted by Crippen LogP contribution is -2.28. The van der Waals surface area contributed by atoms with Crippen molar-refractivity contribution in [2.24, 2.45) is 0 Å². The summed E-state index contributed by atoms with van der Waals surface area (Å²) in [5, 5.41) is 11.7. The highest BCUT2D eigenvalue weighted by atomic mass is 16.5. The molecule has 0 aliphatic carbocycles. The molecular weight excluding hydrogens is 248 g/mol.